The maximum atomic E-state index is 13.4. The van der Waals surface area contributed by atoms with Crippen LogP contribution >= 0.6 is 0 Å². The second-order valence-corrected chi connectivity index (χ2v) is 4.75. The molecule has 23 heavy (non-hydrogen) atoms. The minimum Gasteiger partial charge on any atom is -0.347 e. The lowest BCUT2D eigenvalue weighted by Crippen LogP contribution is -2.34. The SMILES string of the molecule is N#Cc1ccccc1NC(=O)CNC(=O)Cc1ccccc1F. The van der Waals surface area contributed by atoms with Crippen LogP contribution in [0.3, 0.4) is 0 Å². The monoisotopic (exact) mass is 311 g/mol. The van der Waals surface area contributed by atoms with Gasteiger partial charge in [-0.25, -0.2) is 4.39 Å². The highest BCUT2D eigenvalue weighted by Crippen LogP contribution is 2.13. The van der Waals surface area contributed by atoms with Crippen molar-refractivity contribution in [2.45, 2.75) is 6.42 Å². The first-order chi connectivity index (χ1) is 11.1. The minimum absolute atomic E-state index is 0.144. The third-order valence-corrected chi connectivity index (χ3v) is 3.08. The summed E-state index contributed by atoms with van der Waals surface area (Å²) in [6, 6.07) is 14.5. The number of anilines is 1. The molecule has 0 bridgehead atoms. The van der Waals surface area contributed by atoms with Crippen LogP contribution in [0.4, 0.5) is 10.1 Å². The Morgan fingerprint density at radius 2 is 1.74 bits per heavy atom. The topological polar surface area (TPSA) is 82.0 Å². The lowest BCUT2D eigenvalue weighted by Gasteiger charge is -2.08. The van der Waals surface area contributed by atoms with E-state index in [4.69, 9.17) is 5.26 Å². The van der Waals surface area contributed by atoms with Crippen LogP contribution in [0, 0.1) is 17.1 Å². The van der Waals surface area contributed by atoms with Crippen LogP contribution < -0.4 is 10.6 Å². The van der Waals surface area contributed by atoms with Crippen LogP contribution in [0.15, 0.2) is 48.5 Å². The summed E-state index contributed by atoms with van der Waals surface area (Å²) in [5.74, 6) is -1.39. The third kappa shape index (κ3) is 4.64. The Hall–Kier alpha value is -3.20. The molecule has 6 heteroatoms. The van der Waals surface area contributed by atoms with Crippen molar-refractivity contribution in [2.75, 3.05) is 11.9 Å². The van der Waals surface area contributed by atoms with Crippen molar-refractivity contribution >= 4 is 17.5 Å². The van der Waals surface area contributed by atoms with Crippen molar-refractivity contribution in [3.05, 3.63) is 65.5 Å². The third-order valence-electron chi connectivity index (χ3n) is 3.08. The van der Waals surface area contributed by atoms with E-state index in [1.807, 2.05) is 6.07 Å². The molecule has 116 valence electrons. The Bertz CT molecular complexity index is 768. The van der Waals surface area contributed by atoms with Gasteiger partial charge >= 0.3 is 0 Å². The Labute approximate surface area is 132 Å². The fraction of sp³-hybridized carbons (Fsp3) is 0.118. The van der Waals surface area contributed by atoms with Gasteiger partial charge < -0.3 is 10.6 Å². The largest absolute Gasteiger partial charge is 0.347 e. The molecule has 2 rings (SSSR count). The summed E-state index contributed by atoms with van der Waals surface area (Å²) < 4.78 is 13.4. The summed E-state index contributed by atoms with van der Waals surface area (Å²) >= 11 is 0. The lowest BCUT2D eigenvalue weighted by molar-refractivity contribution is -0.123. The second-order valence-electron chi connectivity index (χ2n) is 4.75. The van der Waals surface area contributed by atoms with Crippen molar-refractivity contribution in [1.29, 1.82) is 5.26 Å². The van der Waals surface area contributed by atoms with E-state index in [-0.39, 0.29) is 18.5 Å². The standard InChI is InChI=1S/C17H14FN3O2/c18-14-7-3-1-5-12(14)9-16(22)20-11-17(23)21-15-8-4-2-6-13(15)10-19/h1-8H,9,11H2,(H,20,22)(H,21,23). The summed E-state index contributed by atoms with van der Waals surface area (Å²) in [6.45, 7) is -0.257. The van der Waals surface area contributed by atoms with E-state index in [2.05, 4.69) is 10.6 Å². The molecule has 0 aliphatic carbocycles. The predicted octanol–water partition coefficient (Wildman–Crippen LogP) is 1.99. The molecule has 0 aromatic heterocycles. The van der Waals surface area contributed by atoms with Crippen LogP contribution in [0.5, 0.6) is 0 Å². The smallest absolute Gasteiger partial charge is 0.243 e. The number of hydrogen-bond acceptors (Lipinski definition) is 3. The summed E-state index contributed by atoms with van der Waals surface area (Å²) in [5, 5.41) is 13.9. The van der Waals surface area contributed by atoms with Crippen molar-refractivity contribution in [3.63, 3.8) is 0 Å². The first kappa shape index (κ1) is 16.2. The molecule has 0 spiro atoms. The van der Waals surface area contributed by atoms with E-state index < -0.39 is 17.6 Å². The maximum Gasteiger partial charge on any atom is 0.243 e. The number of rotatable bonds is 5. The highest BCUT2D eigenvalue weighted by atomic mass is 19.1. The summed E-state index contributed by atoms with van der Waals surface area (Å²) in [5.41, 5.74) is 0.974. The van der Waals surface area contributed by atoms with Gasteiger partial charge in [0.05, 0.1) is 24.2 Å². The maximum absolute atomic E-state index is 13.4. The van der Waals surface area contributed by atoms with Crippen molar-refractivity contribution in [1.82, 2.24) is 5.32 Å². The zero-order valence-electron chi connectivity index (χ0n) is 12.2. The molecule has 2 N–H and O–H groups in total. The molecule has 2 aromatic carbocycles. The van der Waals surface area contributed by atoms with Crippen LogP contribution in [0.2, 0.25) is 0 Å². The Morgan fingerprint density at radius 1 is 1.04 bits per heavy atom. The molecule has 2 amide bonds. The van der Waals surface area contributed by atoms with Gasteiger partial charge in [0.2, 0.25) is 11.8 Å². The lowest BCUT2D eigenvalue weighted by atomic mass is 10.1. The molecule has 0 aliphatic rings. The first-order valence-corrected chi connectivity index (χ1v) is 6.89. The molecule has 0 saturated carbocycles. The number of nitriles is 1. The molecule has 0 fully saturated rings. The fourth-order valence-electron chi connectivity index (χ4n) is 1.94. The number of halogens is 1. The van der Waals surface area contributed by atoms with Gasteiger partial charge in [0.1, 0.15) is 11.9 Å². The first-order valence-electron chi connectivity index (χ1n) is 6.89. The van der Waals surface area contributed by atoms with E-state index in [0.717, 1.165) is 0 Å². The number of nitrogens with zero attached hydrogens (tertiary/aromatic N) is 1. The van der Waals surface area contributed by atoms with E-state index in [1.165, 1.54) is 18.2 Å². The molecular weight excluding hydrogens is 297 g/mol. The fourth-order valence-corrected chi connectivity index (χ4v) is 1.94. The number of nitrogens with one attached hydrogen (secondary N) is 2. The molecule has 0 heterocycles. The molecular formula is C17H14FN3O2. The van der Waals surface area contributed by atoms with Crippen LogP contribution in [0.25, 0.3) is 0 Å². The van der Waals surface area contributed by atoms with Gasteiger partial charge in [-0.1, -0.05) is 30.3 Å². The van der Waals surface area contributed by atoms with Gasteiger partial charge in [0.25, 0.3) is 0 Å². The summed E-state index contributed by atoms with van der Waals surface area (Å²) in [6.07, 6.45) is -0.144. The zero-order valence-corrected chi connectivity index (χ0v) is 12.2. The quantitative estimate of drug-likeness (QED) is 0.886. The highest BCUT2D eigenvalue weighted by Gasteiger charge is 2.10. The van der Waals surface area contributed by atoms with Crippen molar-refractivity contribution in [3.8, 4) is 6.07 Å². The number of carbonyl (C=O) groups is 2. The average Bonchev–Trinajstić information content (AvgIpc) is 2.55. The molecule has 5 nitrogen and oxygen atoms in total. The predicted molar refractivity (Wildman–Crippen MR) is 82.9 cm³/mol. The molecule has 0 radical (unpaired) electrons. The van der Waals surface area contributed by atoms with Gasteiger partial charge in [-0.3, -0.25) is 9.59 Å². The van der Waals surface area contributed by atoms with Crippen LogP contribution in [0.1, 0.15) is 11.1 Å². The Balaban J connectivity index is 1.86. The number of amides is 2. The molecule has 0 saturated heterocycles. The van der Waals surface area contributed by atoms with E-state index in [0.29, 0.717) is 11.3 Å². The second kappa shape index (κ2) is 7.71. The number of benzene rings is 2. The molecule has 2 aromatic rings. The van der Waals surface area contributed by atoms with Gasteiger partial charge in [-0.05, 0) is 23.8 Å². The van der Waals surface area contributed by atoms with Gasteiger partial charge in [-0.15, -0.1) is 0 Å². The Morgan fingerprint density at radius 3 is 2.48 bits per heavy atom. The molecule has 0 atom stereocenters. The Kier molecular flexibility index (Phi) is 5.42. The number of carbonyl (C=O) groups excluding carboxylic acids is 2. The normalized spacial score (nSPS) is 9.74. The van der Waals surface area contributed by atoms with E-state index in [9.17, 15) is 14.0 Å². The van der Waals surface area contributed by atoms with Crippen LogP contribution in [-0.2, 0) is 16.0 Å². The van der Waals surface area contributed by atoms with Gasteiger partial charge in [0.15, 0.2) is 0 Å². The van der Waals surface area contributed by atoms with Crippen molar-refractivity contribution in [2.24, 2.45) is 0 Å². The molecule has 0 aliphatic heterocycles. The summed E-state index contributed by atoms with van der Waals surface area (Å²) in [4.78, 5) is 23.5. The van der Waals surface area contributed by atoms with E-state index in [1.54, 1.807) is 30.3 Å². The van der Waals surface area contributed by atoms with Gasteiger partial charge in [-0.2, -0.15) is 5.26 Å². The van der Waals surface area contributed by atoms with E-state index >= 15 is 0 Å². The number of para-hydroxylation sites is 1. The summed E-state index contributed by atoms with van der Waals surface area (Å²) in [7, 11) is 0. The molecule has 0 unspecified atom stereocenters. The highest BCUT2D eigenvalue weighted by molar-refractivity contribution is 5.95. The zero-order chi connectivity index (χ0) is 16.7. The van der Waals surface area contributed by atoms with Crippen LogP contribution in [-0.4, -0.2) is 18.4 Å². The van der Waals surface area contributed by atoms with Crippen molar-refractivity contribution < 1.29 is 14.0 Å². The van der Waals surface area contributed by atoms with Gasteiger partial charge in [0, 0.05) is 0 Å². The number of hydrogen-bond donors (Lipinski definition) is 2. The minimum atomic E-state index is -0.463. The average molecular weight is 311 g/mol.